The van der Waals surface area contributed by atoms with Gasteiger partial charge >= 0.3 is 0 Å². The van der Waals surface area contributed by atoms with Gasteiger partial charge < -0.3 is 4.74 Å². The lowest BCUT2D eigenvalue weighted by molar-refractivity contribution is 0.0984. The smallest absolute Gasteiger partial charge is 0.163 e. The van der Waals surface area contributed by atoms with Gasteiger partial charge in [-0.25, -0.2) is 0 Å². The van der Waals surface area contributed by atoms with Gasteiger partial charge in [-0.05, 0) is 34.1 Å². The molecule has 0 aliphatic carbocycles. The first kappa shape index (κ1) is 11.7. The van der Waals surface area contributed by atoms with E-state index in [1.54, 1.807) is 25.3 Å². The van der Waals surface area contributed by atoms with Gasteiger partial charge in [0.25, 0.3) is 0 Å². The fourth-order valence-corrected chi connectivity index (χ4v) is 1.69. The number of Topliss-reactive ketones (excluding diaryl/α,β-unsaturated/α-hetero) is 1. The largest absolute Gasteiger partial charge is 0.496 e. The van der Waals surface area contributed by atoms with Crippen molar-refractivity contribution in [3.63, 3.8) is 0 Å². The van der Waals surface area contributed by atoms with E-state index < -0.39 is 0 Å². The maximum atomic E-state index is 11.5. The van der Waals surface area contributed by atoms with Crippen LogP contribution < -0.4 is 4.74 Å². The second-order valence-electron chi connectivity index (χ2n) is 2.93. The van der Waals surface area contributed by atoms with Crippen molar-refractivity contribution in [2.45, 2.75) is 12.8 Å². The molecule has 0 radical (unpaired) electrons. The monoisotopic (exact) mass is 267 g/mol. The van der Waals surface area contributed by atoms with Crippen molar-refractivity contribution in [1.29, 1.82) is 5.26 Å². The minimum absolute atomic E-state index is 0.0279. The van der Waals surface area contributed by atoms with E-state index in [2.05, 4.69) is 15.9 Å². The van der Waals surface area contributed by atoms with E-state index in [4.69, 9.17) is 10.00 Å². The van der Waals surface area contributed by atoms with Crippen LogP contribution in [-0.2, 0) is 0 Å². The summed E-state index contributed by atoms with van der Waals surface area (Å²) < 4.78 is 5.79. The molecule has 0 bridgehead atoms. The lowest BCUT2D eigenvalue weighted by atomic mass is 10.1. The van der Waals surface area contributed by atoms with E-state index in [1.165, 1.54) is 0 Å². The van der Waals surface area contributed by atoms with E-state index in [9.17, 15) is 4.79 Å². The number of carbonyl (C=O) groups is 1. The van der Waals surface area contributed by atoms with Crippen molar-refractivity contribution in [2.75, 3.05) is 7.11 Å². The summed E-state index contributed by atoms with van der Waals surface area (Å²) >= 11 is 3.30. The third-order valence-corrected chi connectivity index (χ3v) is 2.56. The van der Waals surface area contributed by atoms with Crippen LogP contribution in [0.3, 0.4) is 0 Å². The average molecular weight is 268 g/mol. The van der Waals surface area contributed by atoms with Crippen LogP contribution in [0.15, 0.2) is 22.7 Å². The van der Waals surface area contributed by atoms with Crippen LogP contribution in [0.2, 0.25) is 0 Å². The van der Waals surface area contributed by atoms with Crippen molar-refractivity contribution >= 4 is 21.7 Å². The average Bonchev–Trinajstić information content (AvgIpc) is 2.25. The minimum atomic E-state index is -0.0279. The summed E-state index contributed by atoms with van der Waals surface area (Å²) in [5, 5.41) is 8.37. The summed E-state index contributed by atoms with van der Waals surface area (Å²) in [6, 6.07) is 7.08. The van der Waals surface area contributed by atoms with Crippen LogP contribution in [0, 0.1) is 11.3 Å². The molecule has 4 heteroatoms. The van der Waals surface area contributed by atoms with Gasteiger partial charge in [-0.2, -0.15) is 5.26 Å². The Kier molecular flexibility index (Phi) is 4.32. The molecule has 0 atom stereocenters. The van der Waals surface area contributed by atoms with Crippen LogP contribution in [0.1, 0.15) is 23.2 Å². The topological polar surface area (TPSA) is 50.1 Å². The Morgan fingerprint density at radius 3 is 2.87 bits per heavy atom. The molecular weight excluding hydrogens is 258 g/mol. The highest BCUT2D eigenvalue weighted by Gasteiger charge is 2.08. The molecule has 0 fully saturated rings. The molecular formula is C11H10BrNO2. The Balaban J connectivity index is 2.84. The molecule has 0 heterocycles. The zero-order chi connectivity index (χ0) is 11.3. The molecule has 0 saturated carbocycles. The summed E-state index contributed by atoms with van der Waals surface area (Å²) in [7, 11) is 1.57. The first-order valence-corrected chi connectivity index (χ1v) is 5.22. The maximum absolute atomic E-state index is 11.5. The van der Waals surface area contributed by atoms with Crippen LogP contribution in [-0.4, -0.2) is 12.9 Å². The summed E-state index contributed by atoms with van der Waals surface area (Å²) in [6.07, 6.45) is 0.512. The Bertz CT molecular complexity index is 410. The summed E-state index contributed by atoms with van der Waals surface area (Å²) in [6.45, 7) is 0. The summed E-state index contributed by atoms with van der Waals surface area (Å²) in [5.41, 5.74) is 0.595. The van der Waals surface area contributed by atoms with Crippen molar-refractivity contribution < 1.29 is 9.53 Å². The van der Waals surface area contributed by atoms with Crippen LogP contribution >= 0.6 is 15.9 Å². The molecule has 1 aromatic carbocycles. The molecule has 3 nitrogen and oxygen atoms in total. The Hall–Kier alpha value is -1.34. The number of ketones is 1. The van der Waals surface area contributed by atoms with Gasteiger partial charge in [-0.3, -0.25) is 4.79 Å². The molecule has 1 aromatic rings. The molecule has 78 valence electrons. The van der Waals surface area contributed by atoms with Crippen molar-refractivity contribution in [3.8, 4) is 11.8 Å². The number of hydrogen-bond donors (Lipinski definition) is 0. The Morgan fingerprint density at radius 2 is 2.33 bits per heavy atom. The van der Waals surface area contributed by atoms with Crippen molar-refractivity contribution in [3.05, 3.63) is 28.2 Å². The highest BCUT2D eigenvalue weighted by molar-refractivity contribution is 9.10. The highest BCUT2D eigenvalue weighted by atomic mass is 79.9. The minimum Gasteiger partial charge on any atom is -0.496 e. The molecule has 0 aliphatic rings. The quantitative estimate of drug-likeness (QED) is 0.789. The van der Waals surface area contributed by atoms with Gasteiger partial charge in [0.15, 0.2) is 5.78 Å². The predicted molar refractivity (Wildman–Crippen MR) is 59.9 cm³/mol. The van der Waals surface area contributed by atoms with Crippen LogP contribution in [0.5, 0.6) is 5.75 Å². The van der Waals surface area contributed by atoms with E-state index in [1.807, 2.05) is 6.07 Å². The number of nitrogens with zero attached hydrogens (tertiary/aromatic N) is 1. The van der Waals surface area contributed by atoms with Gasteiger partial charge in [0.2, 0.25) is 0 Å². The number of halogens is 1. The Labute approximate surface area is 96.8 Å². The van der Waals surface area contributed by atoms with Gasteiger partial charge in [-0.15, -0.1) is 0 Å². The van der Waals surface area contributed by atoms with Gasteiger partial charge in [0, 0.05) is 18.4 Å². The summed E-state index contributed by atoms with van der Waals surface area (Å²) in [4.78, 5) is 11.5. The van der Waals surface area contributed by atoms with Gasteiger partial charge in [0.1, 0.15) is 5.75 Å². The molecule has 0 N–H and O–H groups in total. The van der Waals surface area contributed by atoms with Crippen LogP contribution in [0.4, 0.5) is 0 Å². The molecule has 0 saturated heterocycles. The first-order valence-electron chi connectivity index (χ1n) is 4.42. The number of hydrogen-bond acceptors (Lipinski definition) is 3. The second-order valence-corrected chi connectivity index (χ2v) is 3.78. The lowest BCUT2D eigenvalue weighted by Crippen LogP contribution is -1.98. The zero-order valence-corrected chi connectivity index (χ0v) is 9.87. The zero-order valence-electron chi connectivity index (χ0n) is 8.29. The summed E-state index contributed by atoms with van der Waals surface area (Å²) in [5.74, 6) is 0.659. The third-order valence-electron chi connectivity index (χ3n) is 1.94. The van der Waals surface area contributed by atoms with Gasteiger partial charge in [0.05, 0.1) is 17.7 Å². The van der Waals surface area contributed by atoms with Crippen molar-refractivity contribution in [1.82, 2.24) is 0 Å². The number of ether oxygens (including phenoxy) is 1. The number of benzene rings is 1. The number of carbonyl (C=O) groups excluding carboxylic acids is 1. The lowest BCUT2D eigenvalue weighted by Gasteiger charge is -2.04. The first-order chi connectivity index (χ1) is 7.19. The van der Waals surface area contributed by atoms with E-state index >= 15 is 0 Å². The maximum Gasteiger partial charge on any atom is 0.163 e. The third kappa shape index (κ3) is 3.07. The van der Waals surface area contributed by atoms with E-state index in [0.29, 0.717) is 11.3 Å². The SMILES string of the molecule is COc1ccc(C(=O)CCC#N)cc1Br. The molecule has 0 aromatic heterocycles. The fraction of sp³-hybridized carbons (Fsp3) is 0.273. The number of methoxy groups -OCH3 is 1. The highest BCUT2D eigenvalue weighted by Crippen LogP contribution is 2.26. The fourth-order valence-electron chi connectivity index (χ4n) is 1.15. The molecule has 0 unspecified atom stereocenters. The number of rotatable bonds is 4. The molecule has 15 heavy (non-hydrogen) atoms. The number of nitriles is 1. The van der Waals surface area contributed by atoms with E-state index in [0.717, 1.165) is 4.47 Å². The van der Waals surface area contributed by atoms with Crippen LogP contribution in [0.25, 0.3) is 0 Å². The predicted octanol–water partition coefficient (Wildman–Crippen LogP) is 2.94. The van der Waals surface area contributed by atoms with Crippen molar-refractivity contribution in [2.24, 2.45) is 0 Å². The Morgan fingerprint density at radius 1 is 1.60 bits per heavy atom. The molecule has 0 aliphatic heterocycles. The second kappa shape index (κ2) is 5.52. The standard InChI is InChI=1S/C11H10BrNO2/c1-15-11-5-4-8(7-9(11)12)10(14)3-2-6-13/h4-5,7H,2-3H2,1H3. The van der Waals surface area contributed by atoms with E-state index in [-0.39, 0.29) is 18.6 Å². The molecule has 0 amide bonds. The molecule has 0 spiro atoms. The normalized spacial score (nSPS) is 9.40. The molecule has 1 rings (SSSR count). The van der Waals surface area contributed by atoms with Gasteiger partial charge in [-0.1, -0.05) is 0 Å².